The van der Waals surface area contributed by atoms with E-state index in [0.717, 1.165) is 23.0 Å². The number of hydrogen-bond acceptors (Lipinski definition) is 5. The lowest BCUT2D eigenvalue weighted by Gasteiger charge is -2.15. The molecule has 6 nitrogen and oxygen atoms in total. The van der Waals surface area contributed by atoms with E-state index in [1.165, 1.54) is 0 Å². The van der Waals surface area contributed by atoms with Crippen LogP contribution in [0.2, 0.25) is 0 Å². The van der Waals surface area contributed by atoms with Gasteiger partial charge < -0.3 is 13.4 Å². The number of oxazole rings is 1. The van der Waals surface area contributed by atoms with Crippen molar-refractivity contribution in [3.63, 3.8) is 0 Å². The van der Waals surface area contributed by atoms with Crippen LogP contribution < -0.4 is 5.32 Å². The predicted molar refractivity (Wildman–Crippen MR) is 76.6 cm³/mol. The fraction of sp³-hybridized carbons (Fsp3) is 0.333. The molecule has 0 amide bonds. The Labute approximate surface area is 122 Å². The first-order valence-corrected chi connectivity index (χ1v) is 6.82. The van der Waals surface area contributed by atoms with Gasteiger partial charge in [0.1, 0.15) is 23.4 Å². The number of aryl methyl sites for hydroxylation is 3. The van der Waals surface area contributed by atoms with Crippen LogP contribution >= 0.6 is 0 Å². The average Bonchev–Trinajstić information content (AvgIpc) is 3.16. The number of furan rings is 1. The second-order valence-corrected chi connectivity index (χ2v) is 4.97. The van der Waals surface area contributed by atoms with E-state index in [1.807, 2.05) is 43.8 Å². The van der Waals surface area contributed by atoms with Gasteiger partial charge in [-0.05, 0) is 26.0 Å². The van der Waals surface area contributed by atoms with Gasteiger partial charge in [0.05, 0.1) is 18.5 Å². The molecule has 0 saturated carbocycles. The summed E-state index contributed by atoms with van der Waals surface area (Å²) in [5.74, 6) is 3.20. The topological polar surface area (TPSA) is 69.0 Å². The van der Waals surface area contributed by atoms with Crippen LogP contribution in [0.3, 0.4) is 0 Å². The molecule has 0 aromatic carbocycles. The lowest BCUT2D eigenvalue weighted by Crippen LogP contribution is -2.24. The molecule has 0 fully saturated rings. The number of hydrogen-bond donors (Lipinski definition) is 1. The highest BCUT2D eigenvalue weighted by Gasteiger charge is 2.21. The summed E-state index contributed by atoms with van der Waals surface area (Å²) >= 11 is 0. The van der Waals surface area contributed by atoms with Gasteiger partial charge in [0, 0.05) is 19.4 Å². The van der Waals surface area contributed by atoms with Gasteiger partial charge >= 0.3 is 0 Å². The zero-order chi connectivity index (χ0) is 14.8. The van der Waals surface area contributed by atoms with Gasteiger partial charge in [0.2, 0.25) is 5.89 Å². The van der Waals surface area contributed by atoms with E-state index in [1.54, 1.807) is 12.5 Å². The number of nitrogens with one attached hydrogen (secondary N) is 1. The van der Waals surface area contributed by atoms with Gasteiger partial charge in [0.25, 0.3) is 0 Å². The largest absolute Gasteiger partial charge is 0.467 e. The first-order valence-electron chi connectivity index (χ1n) is 6.82. The van der Waals surface area contributed by atoms with Crippen LogP contribution in [0.1, 0.15) is 35.0 Å². The Morgan fingerprint density at radius 3 is 2.81 bits per heavy atom. The number of imidazole rings is 1. The van der Waals surface area contributed by atoms with Gasteiger partial charge in [-0.15, -0.1) is 0 Å². The van der Waals surface area contributed by atoms with Crippen molar-refractivity contribution < 1.29 is 8.83 Å². The van der Waals surface area contributed by atoms with Crippen LogP contribution in [0.15, 0.2) is 39.6 Å². The zero-order valence-electron chi connectivity index (χ0n) is 12.3. The summed E-state index contributed by atoms with van der Waals surface area (Å²) in [5, 5.41) is 3.39. The van der Waals surface area contributed by atoms with Crippen LogP contribution in [0, 0.1) is 13.8 Å². The van der Waals surface area contributed by atoms with E-state index in [-0.39, 0.29) is 6.04 Å². The minimum absolute atomic E-state index is 0.146. The molecule has 0 aliphatic heterocycles. The highest BCUT2D eigenvalue weighted by molar-refractivity contribution is 5.16. The third-order valence-corrected chi connectivity index (χ3v) is 3.47. The Bertz CT molecular complexity index is 692. The van der Waals surface area contributed by atoms with Crippen molar-refractivity contribution in [2.45, 2.75) is 26.4 Å². The summed E-state index contributed by atoms with van der Waals surface area (Å²) in [7, 11) is 1.96. The maximum atomic E-state index is 5.60. The fourth-order valence-corrected chi connectivity index (χ4v) is 2.23. The lowest BCUT2D eigenvalue weighted by molar-refractivity contribution is 0.395. The summed E-state index contributed by atoms with van der Waals surface area (Å²) < 4.78 is 13.1. The monoisotopic (exact) mass is 286 g/mol. The lowest BCUT2D eigenvalue weighted by atomic mass is 10.2. The highest BCUT2D eigenvalue weighted by Crippen LogP contribution is 2.21. The third kappa shape index (κ3) is 2.75. The Hall–Kier alpha value is -2.34. The molecule has 1 unspecified atom stereocenters. The van der Waals surface area contributed by atoms with Crippen LogP contribution in [-0.4, -0.2) is 14.5 Å². The molecule has 3 rings (SSSR count). The van der Waals surface area contributed by atoms with Crippen molar-refractivity contribution in [1.82, 2.24) is 19.9 Å². The summed E-state index contributed by atoms with van der Waals surface area (Å²) in [6.45, 7) is 4.35. The van der Waals surface area contributed by atoms with E-state index < -0.39 is 0 Å². The summed E-state index contributed by atoms with van der Waals surface area (Å²) in [4.78, 5) is 8.78. The van der Waals surface area contributed by atoms with Crippen LogP contribution in [-0.2, 0) is 13.6 Å². The van der Waals surface area contributed by atoms with E-state index in [9.17, 15) is 0 Å². The molecule has 0 bridgehead atoms. The molecule has 0 spiro atoms. The maximum Gasteiger partial charge on any atom is 0.208 e. The highest BCUT2D eigenvalue weighted by atomic mass is 16.4. The molecule has 110 valence electrons. The molecule has 3 heterocycles. The average molecular weight is 286 g/mol. The van der Waals surface area contributed by atoms with Gasteiger partial charge in [0.15, 0.2) is 0 Å². The fourth-order valence-electron chi connectivity index (χ4n) is 2.23. The van der Waals surface area contributed by atoms with E-state index in [0.29, 0.717) is 12.4 Å². The molecule has 0 saturated heterocycles. The van der Waals surface area contributed by atoms with Crippen LogP contribution in [0.5, 0.6) is 0 Å². The SMILES string of the molecule is Cc1nc(CNC(c2ccco2)c2nccn2C)oc1C. The first kappa shape index (κ1) is 13.6. The normalized spacial score (nSPS) is 12.7. The van der Waals surface area contributed by atoms with Crippen molar-refractivity contribution in [2.75, 3.05) is 0 Å². The Morgan fingerprint density at radius 1 is 1.38 bits per heavy atom. The van der Waals surface area contributed by atoms with Crippen molar-refractivity contribution in [1.29, 1.82) is 0 Å². The smallest absolute Gasteiger partial charge is 0.208 e. The first-order chi connectivity index (χ1) is 10.1. The molecule has 1 N–H and O–H groups in total. The van der Waals surface area contributed by atoms with E-state index in [2.05, 4.69) is 15.3 Å². The van der Waals surface area contributed by atoms with E-state index >= 15 is 0 Å². The minimum Gasteiger partial charge on any atom is -0.467 e. The second-order valence-electron chi connectivity index (χ2n) is 4.97. The predicted octanol–water partition coefficient (Wildman–Crippen LogP) is 2.50. The molecule has 3 aromatic heterocycles. The van der Waals surface area contributed by atoms with Crippen molar-refractivity contribution >= 4 is 0 Å². The van der Waals surface area contributed by atoms with Crippen molar-refractivity contribution in [2.24, 2.45) is 7.05 Å². The van der Waals surface area contributed by atoms with Crippen LogP contribution in [0.25, 0.3) is 0 Å². The van der Waals surface area contributed by atoms with Crippen LogP contribution in [0.4, 0.5) is 0 Å². The van der Waals surface area contributed by atoms with Gasteiger partial charge in [-0.1, -0.05) is 0 Å². The molecule has 0 aliphatic rings. The Kier molecular flexibility index (Phi) is 3.62. The summed E-state index contributed by atoms with van der Waals surface area (Å²) in [6.07, 6.45) is 5.34. The zero-order valence-corrected chi connectivity index (χ0v) is 12.3. The second kappa shape index (κ2) is 5.57. The Morgan fingerprint density at radius 2 is 2.24 bits per heavy atom. The molecule has 21 heavy (non-hydrogen) atoms. The molecule has 1 atom stereocenters. The summed E-state index contributed by atoms with van der Waals surface area (Å²) in [5.41, 5.74) is 0.915. The number of nitrogens with zero attached hydrogens (tertiary/aromatic N) is 3. The molecule has 3 aromatic rings. The van der Waals surface area contributed by atoms with E-state index in [4.69, 9.17) is 8.83 Å². The summed E-state index contributed by atoms with van der Waals surface area (Å²) in [6, 6.07) is 3.65. The third-order valence-electron chi connectivity index (χ3n) is 3.47. The molecular weight excluding hydrogens is 268 g/mol. The quantitative estimate of drug-likeness (QED) is 0.780. The molecular formula is C15H18N4O2. The molecule has 0 radical (unpaired) electrons. The minimum atomic E-state index is -0.146. The molecule has 6 heteroatoms. The number of aromatic nitrogens is 3. The van der Waals surface area contributed by atoms with Gasteiger partial charge in [-0.2, -0.15) is 0 Å². The Balaban J connectivity index is 1.82. The van der Waals surface area contributed by atoms with Gasteiger partial charge in [-0.3, -0.25) is 5.32 Å². The van der Waals surface area contributed by atoms with Gasteiger partial charge in [-0.25, -0.2) is 9.97 Å². The number of rotatable bonds is 5. The van der Waals surface area contributed by atoms with Crippen molar-refractivity contribution in [3.8, 4) is 0 Å². The molecule has 0 aliphatic carbocycles. The van der Waals surface area contributed by atoms with Crippen molar-refractivity contribution in [3.05, 3.63) is 59.7 Å². The maximum absolute atomic E-state index is 5.60. The standard InChI is InChI=1S/C15H18N4O2/c1-10-11(2)21-13(18-10)9-17-14(12-5-4-8-20-12)15-16-6-7-19(15)3/h4-8,14,17H,9H2,1-3H3.